The smallest absolute Gasteiger partial charge is 0.299 e. The molecule has 1 aliphatic rings. The zero-order valence-corrected chi connectivity index (χ0v) is 13.3. The third-order valence-electron chi connectivity index (χ3n) is 4.94. The number of carbonyl (C=O) groups is 2. The molecule has 2 nitrogen and oxygen atoms in total. The number of carbonyl (C=O) groups excluding carboxylic acids is 2. The van der Waals surface area contributed by atoms with E-state index >= 15 is 0 Å². The molecular weight excluding hydrogens is 329 g/mol. The molecule has 0 saturated heterocycles. The summed E-state index contributed by atoms with van der Waals surface area (Å²) in [6.45, 7) is 1.69. The minimum atomic E-state index is -4.53. The van der Waals surface area contributed by atoms with Crippen LogP contribution in [0.4, 0.5) is 13.2 Å². The number of ketones is 2. The number of fused-ring (bicyclic) bond motifs is 5. The molecule has 1 unspecified atom stereocenters. The fourth-order valence-electron chi connectivity index (χ4n) is 3.68. The highest BCUT2D eigenvalue weighted by atomic mass is 19.4. The van der Waals surface area contributed by atoms with Crippen LogP contribution < -0.4 is 0 Å². The predicted molar refractivity (Wildman–Crippen MR) is 88.8 cm³/mol. The van der Waals surface area contributed by atoms with E-state index in [1.165, 1.54) is 6.07 Å². The molecule has 0 aliphatic heterocycles. The molecule has 1 atom stereocenters. The van der Waals surface area contributed by atoms with Crippen LogP contribution in [0.2, 0.25) is 0 Å². The highest BCUT2D eigenvalue weighted by molar-refractivity contribution is 6.23. The Morgan fingerprint density at radius 3 is 2.24 bits per heavy atom. The summed E-state index contributed by atoms with van der Waals surface area (Å²) in [5.41, 5.74) is -0.000591. The van der Waals surface area contributed by atoms with Gasteiger partial charge in [-0.3, -0.25) is 9.59 Å². The van der Waals surface area contributed by atoms with Gasteiger partial charge in [-0.05, 0) is 33.2 Å². The van der Waals surface area contributed by atoms with Gasteiger partial charge in [-0.25, -0.2) is 0 Å². The van der Waals surface area contributed by atoms with Gasteiger partial charge in [-0.2, -0.15) is 13.2 Å². The van der Waals surface area contributed by atoms with Gasteiger partial charge in [0.2, 0.25) is 0 Å². The first-order valence-corrected chi connectivity index (χ1v) is 7.90. The lowest BCUT2D eigenvalue weighted by molar-refractivity contribution is -0.136. The number of benzene rings is 3. The molecule has 0 heterocycles. The second kappa shape index (κ2) is 5.15. The van der Waals surface area contributed by atoms with Crippen LogP contribution in [0.5, 0.6) is 0 Å². The van der Waals surface area contributed by atoms with E-state index in [9.17, 15) is 22.8 Å². The minimum absolute atomic E-state index is 0.106. The van der Waals surface area contributed by atoms with Gasteiger partial charge in [0.25, 0.3) is 0 Å². The van der Waals surface area contributed by atoms with Crippen LogP contribution in [0.3, 0.4) is 0 Å². The Balaban J connectivity index is 2.21. The van der Waals surface area contributed by atoms with Gasteiger partial charge >= 0.3 is 6.18 Å². The summed E-state index contributed by atoms with van der Waals surface area (Å²) in [6, 6.07) is 10.8. The second-order valence-corrected chi connectivity index (χ2v) is 6.38. The largest absolute Gasteiger partial charge is 0.417 e. The SMILES string of the molecule is CC1C(=O)CC(=O)c2c1ccc1c2cc(C(F)(F)F)c2ccccc21. The fourth-order valence-corrected chi connectivity index (χ4v) is 3.68. The Morgan fingerprint density at radius 2 is 1.56 bits per heavy atom. The minimum Gasteiger partial charge on any atom is -0.299 e. The standard InChI is InChI=1S/C20H13F3O2/c1-10-11-6-7-13-12-4-2-3-5-14(12)16(20(21,22)23)8-15(13)19(11)18(25)9-17(10)24/h2-8,10H,9H2,1H3. The van der Waals surface area contributed by atoms with Crippen molar-refractivity contribution >= 4 is 33.1 Å². The maximum absolute atomic E-state index is 13.6. The Bertz CT molecular complexity index is 1060. The molecular formula is C20H13F3O2. The average molecular weight is 342 g/mol. The van der Waals surface area contributed by atoms with E-state index in [1.54, 1.807) is 37.3 Å². The van der Waals surface area contributed by atoms with Crippen LogP contribution in [-0.4, -0.2) is 11.6 Å². The lowest BCUT2D eigenvalue weighted by Crippen LogP contribution is -2.23. The highest BCUT2D eigenvalue weighted by Gasteiger charge is 2.35. The van der Waals surface area contributed by atoms with E-state index in [-0.39, 0.29) is 28.5 Å². The summed E-state index contributed by atoms with van der Waals surface area (Å²) in [5, 5.41) is 1.42. The molecule has 0 bridgehead atoms. The maximum atomic E-state index is 13.6. The second-order valence-electron chi connectivity index (χ2n) is 6.38. The molecule has 0 radical (unpaired) electrons. The van der Waals surface area contributed by atoms with E-state index in [0.717, 1.165) is 6.07 Å². The zero-order valence-electron chi connectivity index (χ0n) is 13.3. The predicted octanol–water partition coefficient (Wildman–Crippen LogP) is 5.27. The topological polar surface area (TPSA) is 34.1 Å². The van der Waals surface area contributed by atoms with Crippen molar-refractivity contribution in [2.75, 3.05) is 0 Å². The van der Waals surface area contributed by atoms with E-state index in [4.69, 9.17) is 0 Å². The zero-order chi connectivity index (χ0) is 17.9. The number of halogens is 3. The first-order valence-electron chi connectivity index (χ1n) is 7.90. The van der Waals surface area contributed by atoms with Crippen LogP contribution >= 0.6 is 0 Å². The summed E-state index contributed by atoms with van der Waals surface area (Å²) < 4.78 is 40.7. The molecule has 3 aromatic rings. The molecule has 0 saturated carbocycles. The molecule has 0 aromatic heterocycles. The number of hydrogen-bond acceptors (Lipinski definition) is 2. The fraction of sp³-hybridized carbons (Fsp3) is 0.200. The third kappa shape index (κ3) is 2.26. The van der Waals surface area contributed by atoms with Crippen LogP contribution in [0.25, 0.3) is 21.5 Å². The van der Waals surface area contributed by atoms with Crippen LogP contribution in [-0.2, 0) is 11.0 Å². The molecule has 5 heteroatoms. The van der Waals surface area contributed by atoms with Gasteiger partial charge in [0.15, 0.2) is 5.78 Å². The van der Waals surface area contributed by atoms with Gasteiger partial charge in [-0.15, -0.1) is 0 Å². The molecule has 0 spiro atoms. The Kier molecular flexibility index (Phi) is 3.26. The number of alkyl halides is 3. The van der Waals surface area contributed by atoms with E-state index in [2.05, 4.69) is 0 Å². The normalized spacial score (nSPS) is 18.0. The van der Waals surface area contributed by atoms with Crippen molar-refractivity contribution in [2.24, 2.45) is 0 Å². The van der Waals surface area contributed by atoms with Crippen LogP contribution in [0, 0.1) is 0 Å². The van der Waals surface area contributed by atoms with Crippen molar-refractivity contribution in [3.63, 3.8) is 0 Å². The number of hydrogen-bond donors (Lipinski definition) is 0. The van der Waals surface area contributed by atoms with E-state index in [0.29, 0.717) is 16.3 Å². The monoisotopic (exact) mass is 342 g/mol. The van der Waals surface area contributed by atoms with Gasteiger partial charge in [0.1, 0.15) is 5.78 Å². The summed E-state index contributed by atoms with van der Waals surface area (Å²) in [7, 11) is 0. The Morgan fingerprint density at radius 1 is 0.920 bits per heavy atom. The lowest BCUT2D eigenvalue weighted by Gasteiger charge is -2.23. The summed E-state index contributed by atoms with van der Waals surface area (Å²) >= 11 is 0. The van der Waals surface area contributed by atoms with Crippen LogP contribution in [0.1, 0.15) is 40.7 Å². The van der Waals surface area contributed by atoms with Crippen molar-refractivity contribution in [3.8, 4) is 0 Å². The number of rotatable bonds is 0. The molecule has 126 valence electrons. The summed E-state index contributed by atoms with van der Waals surface area (Å²) in [6.07, 6.45) is -4.79. The van der Waals surface area contributed by atoms with Crippen molar-refractivity contribution in [1.29, 1.82) is 0 Å². The Hall–Kier alpha value is -2.69. The van der Waals surface area contributed by atoms with Crippen molar-refractivity contribution in [1.82, 2.24) is 0 Å². The van der Waals surface area contributed by atoms with Gasteiger partial charge in [0.05, 0.1) is 12.0 Å². The van der Waals surface area contributed by atoms with Crippen molar-refractivity contribution < 1.29 is 22.8 Å². The molecule has 3 aromatic carbocycles. The van der Waals surface area contributed by atoms with E-state index in [1.807, 2.05) is 0 Å². The quantitative estimate of drug-likeness (QED) is 0.412. The molecule has 0 N–H and O–H groups in total. The molecule has 0 amide bonds. The molecule has 4 rings (SSSR count). The maximum Gasteiger partial charge on any atom is 0.417 e. The summed E-state index contributed by atoms with van der Waals surface area (Å²) in [5.74, 6) is -1.10. The molecule has 0 fully saturated rings. The van der Waals surface area contributed by atoms with Gasteiger partial charge in [0, 0.05) is 11.5 Å². The van der Waals surface area contributed by atoms with Crippen molar-refractivity contribution in [3.05, 3.63) is 59.2 Å². The number of Topliss-reactive ketones (excluding diaryl/α,β-unsaturated/α-hetero) is 2. The highest BCUT2D eigenvalue weighted by Crippen LogP contribution is 2.42. The first kappa shape index (κ1) is 15.8. The first-order chi connectivity index (χ1) is 11.8. The summed E-state index contributed by atoms with van der Waals surface area (Å²) in [4.78, 5) is 24.4. The van der Waals surface area contributed by atoms with Gasteiger partial charge in [-0.1, -0.05) is 43.3 Å². The van der Waals surface area contributed by atoms with Gasteiger partial charge < -0.3 is 0 Å². The van der Waals surface area contributed by atoms with E-state index < -0.39 is 23.4 Å². The van der Waals surface area contributed by atoms with Crippen molar-refractivity contribution in [2.45, 2.75) is 25.4 Å². The average Bonchev–Trinajstić information content (AvgIpc) is 2.57. The molecule has 25 heavy (non-hydrogen) atoms. The third-order valence-corrected chi connectivity index (χ3v) is 4.94. The molecule has 1 aliphatic carbocycles. The lowest BCUT2D eigenvalue weighted by atomic mass is 9.79. The Labute approximate surface area is 141 Å². The van der Waals surface area contributed by atoms with Crippen LogP contribution in [0.15, 0.2) is 42.5 Å².